The number of rotatable bonds is 6. The highest BCUT2D eigenvalue weighted by molar-refractivity contribution is 9.10. The van der Waals surface area contributed by atoms with Crippen molar-refractivity contribution in [1.82, 2.24) is 5.43 Å². The van der Waals surface area contributed by atoms with E-state index in [2.05, 4.69) is 26.5 Å². The van der Waals surface area contributed by atoms with E-state index in [0.717, 1.165) is 20.8 Å². The number of hydrazone groups is 1. The van der Waals surface area contributed by atoms with E-state index < -0.39 is 0 Å². The SMILES string of the molecule is CSc1ccc(C=NNC(=O)COc2ccc3cc(Br)ccc3c2)cc1. The Kier molecular flexibility index (Phi) is 6.30. The summed E-state index contributed by atoms with van der Waals surface area (Å²) in [6.45, 7) is -0.0925. The average molecular weight is 429 g/mol. The number of carbonyl (C=O) groups excluding carboxylic acids is 1. The van der Waals surface area contributed by atoms with E-state index in [0.29, 0.717) is 5.75 Å². The predicted octanol–water partition coefficient (Wildman–Crippen LogP) is 4.85. The molecule has 0 aromatic heterocycles. The molecule has 0 aliphatic heterocycles. The normalized spacial score (nSPS) is 11.0. The van der Waals surface area contributed by atoms with Crippen molar-refractivity contribution in [2.75, 3.05) is 12.9 Å². The first-order valence-electron chi connectivity index (χ1n) is 7.92. The fourth-order valence-corrected chi connectivity index (χ4v) is 3.12. The van der Waals surface area contributed by atoms with Gasteiger partial charge in [-0.05, 0) is 59.0 Å². The molecule has 132 valence electrons. The third-order valence-corrected chi connectivity index (χ3v) is 4.90. The molecule has 3 aromatic carbocycles. The highest BCUT2D eigenvalue weighted by Crippen LogP contribution is 2.24. The summed E-state index contributed by atoms with van der Waals surface area (Å²) in [5.74, 6) is 0.337. The van der Waals surface area contributed by atoms with Gasteiger partial charge in [0.2, 0.25) is 0 Å². The average Bonchev–Trinajstić information content (AvgIpc) is 2.67. The Morgan fingerprint density at radius 1 is 1.12 bits per heavy atom. The number of benzene rings is 3. The summed E-state index contributed by atoms with van der Waals surface area (Å²) in [6.07, 6.45) is 3.63. The lowest BCUT2D eigenvalue weighted by Gasteiger charge is -2.06. The summed E-state index contributed by atoms with van der Waals surface area (Å²) in [7, 11) is 0. The maximum atomic E-state index is 11.9. The number of halogens is 1. The van der Waals surface area contributed by atoms with Crippen molar-refractivity contribution in [2.24, 2.45) is 5.10 Å². The minimum atomic E-state index is -0.308. The zero-order valence-corrected chi connectivity index (χ0v) is 16.5. The van der Waals surface area contributed by atoms with Gasteiger partial charge in [-0.25, -0.2) is 5.43 Å². The number of amides is 1. The van der Waals surface area contributed by atoms with Crippen molar-refractivity contribution in [1.29, 1.82) is 0 Å². The lowest BCUT2D eigenvalue weighted by atomic mass is 10.1. The number of hydrogen-bond donors (Lipinski definition) is 1. The topological polar surface area (TPSA) is 50.7 Å². The number of carbonyl (C=O) groups is 1. The maximum Gasteiger partial charge on any atom is 0.277 e. The highest BCUT2D eigenvalue weighted by atomic mass is 79.9. The number of thioether (sulfide) groups is 1. The Bertz CT molecular complexity index is 942. The minimum absolute atomic E-state index is 0.0925. The third kappa shape index (κ3) is 5.09. The van der Waals surface area contributed by atoms with Crippen molar-refractivity contribution in [3.05, 3.63) is 70.7 Å². The molecule has 3 rings (SSSR count). The van der Waals surface area contributed by atoms with E-state index in [4.69, 9.17) is 4.74 Å². The largest absolute Gasteiger partial charge is 0.484 e. The molecule has 0 bridgehead atoms. The van der Waals surface area contributed by atoms with E-state index in [1.807, 2.05) is 66.9 Å². The second-order valence-electron chi connectivity index (χ2n) is 5.51. The van der Waals surface area contributed by atoms with Crippen LogP contribution >= 0.6 is 27.7 Å². The van der Waals surface area contributed by atoms with Crippen LogP contribution in [0, 0.1) is 0 Å². The molecule has 4 nitrogen and oxygen atoms in total. The van der Waals surface area contributed by atoms with Crippen LogP contribution in [0.5, 0.6) is 5.75 Å². The molecule has 0 saturated heterocycles. The molecule has 26 heavy (non-hydrogen) atoms. The van der Waals surface area contributed by atoms with Crippen LogP contribution in [0.3, 0.4) is 0 Å². The van der Waals surface area contributed by atoms with E-state index in [9.17, 15) is 4.79 Å². The monoisotopic (exact) mass is 428 g/mol. The molecule has 6 heteroatoms. The van der Waals surface area contributed by atoms with Crippen molar-refractivity contribution in [2.45, 2.75) is 4.90 Å². The summed E-state index contributed by atoms with van der Waals surface area (Å²) in [5.41, 5.74) is 3.39. The van der Waals surface area contributed by atoms with E-state index in [-0.39, 0.29) is 12.5 Å². The first kappa shape index (κ1) is 18.5. The van der Waals surface area contributed by atoms with E-state index in [1.54, 1.807) is 18.0 Å². The molecule has 3 aromatic rings. The van der Waals surface area contributed by atoms with Crippen LogP contribution in [0.2, 0.25) is 0 Å². The Balaban J connectivity index is 1.51. The zero-order valence-electron chi connectivity index (χ0n) is 14.1. The zero-order chi connectivity index (χ0) is 18.4. The van der Waals surface area contributed by atoms with Crippen LogP contribution in [0.4, 0.5) is 0 Å². The fraction of sp³-hybridized carbons (Fsp3) is 0.100. The van der Waals surface area contributed by atoms with Crippen LogP contribution in [0.15, 0.2) is 75.1 Å². The van der Waals surface area contributed by atoms with Crippen molar-refractivity contribution < 1.29 is 9.53 Å². The van der Waals surface area contributed by atoms with E-state index >= 15 is 0 Å². The summed E-state index contributed by atoms with van der Waals surface area (Å²) in [4.78, 5) is 13.0. The summed E-state index contributed by atoms with van der Waals surface area (Å²) in [6, 6.07) is 19.6. The molecular formula is C20H17BrN2O2S. The van der Waals surface area contributed by atoms with Gasteiger partial charge in [0.15, 0.2) is 6.61 Å². The molecule has 0 unspecified atom stereocenters. The maximum absolute atomic E-state index is 11.9. The predicted molar refractivity (Wildman–Crippen MR) is 111 cm³/mol. The van der Waals surface area contributed by atoms with Crippen molar-refractivity contribution in [3.8, 4) is 5.75 Å². The minimum Gasteiger partial charge on any atom is -0.484 e. The first-order valence-corrected chi connectivity index (χ1v) is 9.94. The third-order valence-electron chi connectivity index (χ3n) is 3.66. The molecule has 0 saturated carbocycles. The Hall–Kier alpha value is -2.31. The summed E-state index contributed by atoms with van der Waals surface area (Å²) in [5, 5.41) is 6.11. The van der Waals surface area contributed by atoms with Gasteiger partial charge in [0.05, 0.1) is 6.21 Å². The highest BCUT2D eigenvalue weighted by Gasteiger charge is 2.03. The molecule has 1 N–H and O–H groups in total. The van der Waals surface area contributed by atoms with E-state index in [1.165, 1.54) is 4.90 Å². The van der Waals surface area contributed by atoms with Gasteiger partial charge in [0.25, 0.3) is 5.91 Å². The second kappa shape index (κ2) is 8.87. The van der Waals surface area contributed by atoms with Crippen LogP contribution in [0.25, 0.3) is 10.8 Å². The van der Waals surface area contributed by atoms with Gasteiger partial charge in [-0.2, -0.15) is 5.10 Å². The van der Waals surface area contributed by atoms with Gasteiger partial charge in [-0.15, -0.1) is 11.8 Å². The number of fused-ring (bicyclic) bond motifs is 1. The Morgan fingerprint density at radius 3 is 2.62 bits per heavy atom. The standard InChI is InChI=1S/C20H17BrN2O2S/c1-26-19-8-2-14(3-9-19)12-22-23-20(24)13-25-18-7-5-15-10-17(21)6-4-16(15)11-18/h2-12H,13H2,1H3,(H,23,24). The lowest BCUT2D eigenvalue weighted by Crippen LogP contribution is -2.24. The van der Waals surface area contributed by atoms with Gasteiger partial charge in [-0.3, -0.25) is 4.79 Å². The molecular weight excluding hydrogens is 412 g/mol. The lowest BCUT2D eigenvalue weighted by molar-refractivity contribution is -0.123. The second-order valence-corrected chi connectivity index (χ2v) is 7.30. The Morgan fingerprint density at radius 2 is 1.85 bits per heavy atom. The molecule has 1 amide bonds. The van der Waals surface area contributed by atoms with Gasteiger partial charge in [-0.1, -0.05) is 40.2 Å². The molecule has 0 aliphatic carbocycles. The molecule has 0 spiro atoms. The van der Waals surface area contributed by atoms with Crippen molar-refractivity contribution >= 4 is 50.6 Å². The van der Waals surface area contributed by atoms with Crippen LogP contribution in [-0.4, -0.2) is 25.0 Å². The summed E-state index contributed by atoms with van der Waals surface area (Å²) < 4.78 is 6.57. The fourth-order valence-electron chi connectivity index (χ4n) is 2.33. The van der Waals surface area contributed by atoms with Gasteiger partial charge < -0.3 is 4.74 Å². The summed E-state index contributed by atoms with van der Waals surface area (Å²) >= 11 is 5.13. The number of nitrogens with one attached hydrogen (secondary N) is 1. The Labute approximate surface area is 164 Å². The van der Waals surface area contributed by atoms with Crippen LogP contribution in [-0.2, 0) is 4.79 Å². The van der Waals surface area contributed by atoms with Gasteiger partial charge in [0.1, 0.15) is 5.75 Å². The first-order chi connectivity index (χ1) is 12.6. The molecule has 0 atom stereocenters. The van der Waals surface area contributed by atoms with Crippen LogP contribution in [0.1, 0.15) is 5.56 Å². The smallest absolute Gasteiger partial charge is 0.277 e. The molecule has 0 heterocycles. The molecule has 0 aliphatic rings. The van der Waals surface area contributed by atoms with Gasteiger partial charge in [0, 0.05) is 9.37 Å². The quantitative estimate of drug-likeness (QED) is 0.346. The van der Waals surface area contributed by atoms with Crippen molar-refractivity contribution in [3.63, 3.8) is 0 Å². The number of hydrogen-bond acceptors (Lipinski definition) is 4. The van der Waals surface area contributed by atoms with Crippen LogP contribution < -0.4 is 10.2 Å². The molecule has 0 fully saturated rings. The number of nitrogens with zero attached hydrogens (tertiary/aromatic N) is 1. The molecule has 0 radical (unpaired) electrons. The number of ether oxygens (including phenoxy) is 1. The van der Waals surface area contributed by atoms with Gasteiger partial charge >= 0.3 is 0 Å².